The van der Waals surface area contributed by atoms with Crippen molar-refractivity contribution in [2.45, 2.75) is 129 Å². The summed E-state index contributed by atoms with van der Waals surface area (Å²) in [6.45, 7) is 3.04. The van der Waals surface area contributed by atoms with Gasteiger partial charge in [0.15, 0.2) is 0 Å². The van der Waals surface area contributed by atoms with Crippen LogP contribution in [-0.4, -0.2) is 39.5 Å². The molecule has 0 radical (unpaired) electrons. The fraction of sp³-hybridized carbons (Fsp3) is 0.889. The summed E-state index contributed by atoms with van der Waals surface area (Å²) in [6, 6.07) is 0. The Morgan fingerprint density at radius 3 is 1.52 bits per heavy atom. The maximum atomic E-state index is 11.8. The highest BCUT2D eigenvalue weighted by Gasteiger charge is 2.13. The van der Waals surface area contributed by atoms with Crippen LogP contribution in [0.1, 0.15) is 122 Å². The molecule has 0 aliphatic rings. The van der Waals surface area contributed by atoms with Gasteiger partial charge in [0.05, 0.1) is 13.2 Å². The SMILES string of the molecule is CCCCCCCC/C=C\CCCCCCCCCCCC(=O)OC(COC)COC. The largest absolute Gasteiger partial charge is 0.457 e. The van der Waals surface area contributed by atoms with Crippen molar-refractivity contribution < 1.29 is 19.0 Å². The van der Waals surface area contributed by atoms with E-state index in [2.05, 4.69) is 19.1 Å². The molecule has 0 heterocycles. The van der Waals surface area contributed by atoms with Crippen LogP contribution in [0.2, 0.25) is 0 Å². The Labute approximate surface area is 193 Å². The number of ether oxygens (including phenoxy) is 3. The number of carbonyl (C=O) groups is 1. The first kappa shape index (κ1) is 30.1. The van der Waals surface area contributed by atoms with Crippen LogP contribution in [0.5, 0.6) is 0 Å². The first-order valence-electron chi connectivity index (χ1n) is 13.1. The van der Waals surface area contributed by atoms with Gasteiger partial charge < -0.3 is 14.2 Å². The van der Waals surface area contributed by atoms with Gasteiger partial charge in [0.25, 0.3) is 0 Å². The summed E-state index contributed by atoms with van der Waals surface area (Å²) in [5, 5.41) is 0. The van der Waals surface area contributed by atoms with Crippen LogP contribution < -0.4 is 0 Å². The number of hydrogen-bond acceptors (Lipinski definition) is 4. The van der Waals surface area contributed by atoms with Crippen LogP contribution in [0.3, 0.4) is 0 Å². The fourth-order valence-electron chi connectivity index (χ4n) is 3.78. The van der Waals surface area contributed by atoms with Crippen molar-refractivity contribution in [2.75, 3.05) is 27.4 Å². The van der Waals surface area contributed by atoms with Crippen LogP contribution in [-0.2, 0) is 19.0 Å². The number of esters is 1. The van der Waals surface area contributed by atoms with Gasteiger partial charge in [-0.3, -0.25) is 4.79 Å². The zero-order valence-corrected chi connectivity index (χ0v) is 21.0. The van der Waals surface area contributed by atoms with E-state index in [1.807, 2.05) is 0 Å². The minimum atomic E-state index is -0.293. The number of carbonyl (C=O) groups excluding carboxylic acids is 1. The summed E-state index contributed by atoms with van der Waals surface area (Å²) in [6.07, 6.45) is 27.1. The first-order valence-corrected chi connectivity index (χ1v) is 13.1. The first-order chi connectivity index (χ1) is 15.2. The number of rotatable bonds is 24. The van der Waals surface area contributed by atoms with E-state index < -0.39 is 0 Å². The third kappa shape index (κ3) is 23.6. The Morgan fingerprint density at radius 2 is 1.06 bits per heavy atom. The Balaban J connectivity index is 3.30. The van der Waals surface area contributed by atoms with Gasteiger partial charge in [-0.2, -0.15) is 0 Å². The van der Waals surface area contributed by atoms with Crippen molar-refractivity contribution in [2.24, 2.45) is 0 Å². The molecule has 0 spiro atoms. The second kappa shape index (κ2) is 25.4. The molecular weight excluding hydrogens is 388 g/mol. The molecule has 0 aromatic rings. The fourth-order valence-corrected chi connectivity index (χ4v) is 3.78. The van der Waals surface area contributed by atoms with Gasteiger partial charge in [0.2, 0.25) is 0 Å². The average Bonchev–Trinajstić information content (AvgIpc) is 2.75. The van der Waals surface area contributed by atoms with Crippen LogP contribution in [0.25, 0.3) is 0 Å². The van der Waals surface area contributed by atoms with Crippen molar-refractivity contribution in [1.29, 1.82) is 0 Å². The van der Waals surface area contributed by atoms with Crippen molar-refractivity contribution >= 4 is 5.97 Å². The molecule has 0 N–H and O–H groups in total. The van der Waals surface area contributed by atoms with Gasteiger partial charge in [-0.25, -0.2) is 0 Å². The van der Waals surface area contributed by atoms with Crippen molar-refractivity contribution in [3.8, 4) is 0 Å². The molecule has 0 bridgehead atoms. The molecule has 4 nitrogen and oxygen atoms in total. The van der Waals surface area contributed by atoms with Gasteiger partial charge in [-0.15, -0.1) is 0 Å². The minimum Gasteiger partial charge on any atom is -0.457 e. The van der Waals surface area contributed by atoms with Crippen LogP contribution in [0.15, 0.2) is 12.2 Å². The molecule has 184 valence electrons. The lowest BCUT2D eigenvalue weighted by Crippen LogP contribution is -2.27. The van der Waals surface area contributed by atoms with Crippen LogP contribution >= 0.6 is 0 Å². The van der Waals surface area contributed by atoms with Gasteiger partial charge >= 0.3 is 5.97 Å². The van der Waals surface area contributed by atoms with E-state index in [1.54, 1.807) is 14.2 Å². The molecule has 31 heavy (non-hydrogen) atoms. The molecule has 0 aliphatic carbocycles. The summed E-state index contributed by atoms with van der Waals surface area (Å²) >= 11 is 0. The molecule has 0 saturated carbocycles. The number of hydrogen-bond donors (Lipinski definition) is 0. The highest BCUT2D eigenvalue weighted by Crippen LogP contribution is 2.13. The standard InChI is InChI=1S/C27H52O4/c1-4-5-6-7-8-9-10-11-12-13-14-15-16-17-18-19-20-21-22-23-27(28)31-26(24-29-2)25-30-3/h11-12,26H,4-10,13-25H2,1-3H3/b12-11-. The molecule has 0 aromatic heterocycles. The maximum absolute atomic E-state index is 11.8. The topological polar surface area (TPSA) is 44.8 Å². The molecule has 0 amide bonds. The Kier molecular flexibility index (Phi) is 24.7. The lowest BCUT2D eigenvalue weighted by atomic mass is 10.1. The predicted octanol–water partition coefficient (Wildman–Crippen LogP) is 7.79. The van der Waals surface area contributed by atoms with Gasteiger partial charge in [0, 0.05) is 20.6 Å². The minimum absolute atomic E-state index is 0.139. The molecule has 0 atom stereocenters. The van der Waals surface area contributed by atoms with Crippen molar-refractivity contribution in [3.05, 3.63) is 12.2 Å². The quantitative estimate of drug-likeness (QED) is 0.0872. The smallest absolute Gasteiger partial charge is 0.306 e. The van der Waals surface area contributed by atoms with Gasteiger partial charge in [-0.05, 0) is 32.1 Å². The summed E-state index contributed by atoms with van der Waals surface area (Å²) in [5.74, 6) is -0.139. The van der Waals surface area contributed by atoms with E-state index >= 15 is 0 Å². The lowest BCUT2D eigenvalue weighted by Gasteiger charge is -2.16. The predicted molar refractivity (Wildman–Crippen MR) is 132 cm³/mol. The van der Waals surface area contributed by atoms with E-state index in [1.165, 1.54) is 96.3 Å². The third-order valence-corrected chi connectivity index (χ3v) is 5.65. The van der Waals surface area contributed by atoms with Crippen molar-refractivity contribution in [1.82, 2.24) is 0 Å². The Morgan fingerprint density at radius 1 is 0.645 bits per heavy atom. The molecule has 0 rings (SSSR count). The van der Waals surface area contributed by atoms with Crippen LogP contribution in [0, 0.1) is 0 Å². The average molecular weight is 441 g/mol. The van der Waals surface area contributed by atoms with Gasteiger partial charge in [0.1, 0.15) is 6.10 Å². The summed E-state index contributed by atoms with van der Waals surface area (Å²) in [4.78, 5) is 11.8. The van der Waals surface area contributed by atoms with E-state index in [-0.39, 0.29) is 12.1 Å². The van der Waals surface area contributed by atoms with Crippen molar-refractivity contribution in [3.63, 3.8) is 0 Å². The second-order valence-electron chi connectivity index (χ2n) is 8.77. The highest BCUT2D eigenvalue weighted by molar-refractivity contribution is 5.69. The Bertz CT molecular complexity index is 389. The molecule has 0 aromatic carbocycles. The third-order valence-electron chi connectivity index (χ3n) is 5.65. The summed E-state index contributed by atoms with van der Waals surface area (Å²) < 4.78 is 15.5. The maximum Gasteiger partial charge on any atom is 0.306 e. The normalized spacial score (nSPS) is 11.6. The number of unbranched alkanes of at least 4 members (excludes halogenated alkanes) is 15. The molecule has 0 aliphatic heterocycles. The van der Waals surface area contributed by atoms with Gasteiger partial charge in [-0.1, -0.05) is 96.1 Å². The van der Waals surface area contributed by atoms with E-state index in [4.69, 9.17) is 14.2 Å². The monoisotopic (exact) mass is 440 g/mol. The number of methoxy groups -OCH3 is 2. The van der Waals surface area contributed by atoms with E-state index in [9.17, 15) is 4.79 Å². The highest BCUT2D eigenvalue weighted by atomic mass is 16.6. The zero-order valence-electron chi connectivity index (χ0n) is 21.0. The van der Waals surface area contributed by atoms with E-state index in [0.29, 0.717) is 19.6 Å². The molecule has 4 heteroatoms. The second-order valence-corrected chi connectivity index (χ2v) is 8.77. The Hall–Kier alpha value is -0.870. The lowest BCUT2D eigenvalue weighted by molar-refractivity contribution is -0.154. The zero-order chi connectivity index (χ0) is 22.8. The summed E-state index contributed by atoms with van der Waals surface area (Å²) in [5.41, 5.74) is 0. The molecular formula is C27H52O4. The molecule has 0 saturated heterocycles. The molecule has 0 unspecified atom stereocenters. The van der Waals surface area contributed by atoms with Crippen LogP contribution in [0.4, 0.5) is 0 Å². The molecule has 0 fully saturated rings. The number of allylic oxidation sites excluding steroid dienone is 2. The summed E-state index contributed by atoms with van der Waals surface area (Å²) in [7, 11) is 3.21. The van der Waals surface area contributed by atoms with E-state index in [0.717, 1.165) is 12.8 Å².